The van der Waals surface area contributed by atoms with E-state index in [4.69, 9.17) is 9.84 Å². The van der Waals surface area contributed by atoms with Crippen LogP contribution in [0, 0.1) is 5.92 Å². The summed E-state index contributed by atoms with van der Waals surface area (Å²) in [5.41, 5.74) is 0. The molecule has 20 heavy (non-hydrogen) atoms. The van der Waals surface area contributed by atoms with Gasteiger partial charge in [-0.15, -0.1) is 0 Å². The zero-order chi connectivity index (χ0) is 15.8. The van der Waals surface area contributed by atoms with E-state index in [1.54, 1.807) is 0 Å². The van der Waals surface area contributed by atoms with Gasteiger partial charge < -0.3 is 14.3 Å². The van der Waals surface area contributed by atoms with Gasteiger partial charge in [0.25, 0.3) is 0 Å². The quantitative estimate of drug-likeness (QED) is 0.495. The van der Waals surface area contributed by atoms with Crippen LogP contribution in [0.25, 0.3) is 0 Å². The molecule has 0 spiro atoms. The molecule has 0 fully saturated rings. The molecule has 0 heterocycles. The van der Waals surface area contributed by atoms with Crippen molar-refractivity contribution in [3.05, 3.63) is 0 Å². The van der Waals surface area contributed by atoms with Crippen LogP contribution in [0.5, 0.6) is 0 Å². The summed E-state index contributed by atoms with van der Waals surface area (Å²) >= 11 is 0. The van der Waals surface area contributed by atoms with Gasteiger partial charge in [0.05, 0.1) is 27.6 Å². The molecule has 1 N–H and O–H groups in total. The molecule has 5 nitrogen and oxygen atoms in total. The number of unbranched alkanes of at least 4 members (excludes halogenated alkanes) is 1. The van der Waals surface area contributed by atoms with E-state index in [9.17, 15) is 9.59 Å². The van der Waals surface area contributed by atoms with E-state index in [0.717, 1.165) is 19.3 Å². The minimum Gasteiger partial charge on any atom is -0.481 e. The zero-order valence-electron chi connectivity index (χ0n) is 13.5. The van der Waals surface area contributed by atoms with Crippen LogP contribution in [0.1, 0.15) is 46.0 Å². The number of hydrogen-bond donors (Lipinski definition) is 1. The van der Waals surface area contributed by atoms with Gasteiger partial charge >= 0.3 is 11.9 Å². The van der Waals surface area contributed by atoms with Gasteiger partial charge in [-0.25, -0.2) is 0 Å². The van der Waals surface area contributed by atoms with Crippen LogP contribution in [0.2, 0.25) is 0 Å². The van der Waals surface area contributed by atoms with Crippen molar-refractivity contribution >= 4 is 11.9 Å². The first-order chi connectivity index (χ1) is 9.14. The van der Waals surface area contributed by atoms with Crippen LogP contribution in [0.3, 0.4) is 0 Å². The van der Waals surface area contributed by atoms with Crippen molar-refractivity contribution in [2.24, 2.45) is 5.92 Å². The number of aliphatic carboxylic acids is 1. The average molecular weight is 288 g/mol. The van der Waals surface area contributed by atoms with Gasteiger partial charge in [0, 0.05) is 6.42 Å². The maximum atomic E-state index is 11.9. The number of rotatable bonds is 10. The van der Waals surface area contributed by atoms with Crippen molar-refractivity contribution in [3.8, 4) is 0 Å². The first kappa shape index (κ1) is 18.9. The van der Waals surface area contributed by atoms with Crippen LogP contribution in [-0.4, -0.2) is 55.3 Å². The van der Waals surface area contributed by atoms with Crippen molar-refractivity contribution < 1.29 is 23.9 Å². The predicted molar refractivity (Wildman–Crippen MR) is 78.3 cm³/mol. The molecule has 0 aliphatic rings. The maximum Gasteiger partial charge on any atom is 0.307 e. The molecule has 0 aliphatic carbocycles. The molecule has 118 valence electrons. The fraction of sp³-hybridized carbons (Fsp3) is 0.867. The van der Waals surface area contributed by atoms with Crippen LogP contribution < -0.4 is 0 Å². The Morgan fingerprint density at radius 3 is 2.25 bits per heavy atom. The number of hydrogen-bond acceptors (Lipinski definition) is 3. The summed E-state index contributed by atoms with van der Waals surface area (Å²) in [6.45, 7) is 4.65. The highest BCUT2D eigenvalue weighted by Gasteiger charge is 2.25. The minimum atomic E-state index is -0.935. The number of ether oxygens (including phenoxy) is 1. The summed E-state index contributed by atoms with van der Waals surface area (Å²) in [5.74, 6) is -0.930. The molecule has 0 rings (SSSR count). The zero-order valence-corrected chi connectivity index (χ0v) is 13.5. The number of carboxylic acids is 1. The van der Waals surface area contributed by atoms with Gasteiger partial charge in [-0.2, -0.15) is 0 Å². The summed E-state index contributed by atoms with van der Waals surface area (Å²) in [6.07, 6.45) is 2.90. The van der Waals surface area contributed by atoms with Crippen LogP contribution in [0.4, 0.5) is 0 Å². The summed E-state index contributed by atoms with van der Waals surface area (Å²) in [4.78, 5) is 22.7. The predicted octanol–water partition coefficient (Wildman–Crippen LogP) is 2.30. The van der Waals surface area contributed by atoms with E-state index in [0.29, 0.717) is 17.4 Å². The van der Waals surface area contributed by atoms with Gasteiger partial charge in [-0.3, -0.25) is 9.59 Å². The molecule has 5 heteroatoms. The molecular weight excluding hydrogens is 258 g/mol. The third kappa shape index (κ3) is 10.8. The van der Waals surface area contributed by atoms with Crippen LogP contribution >= 0.6 is 0 Å². The lowest BCUT2D eigenvalue weighted by molar-refractivity contribution is -0.873. The highest BCUT2D eigenvalue weighted by Crippen LogP contribution is 2.14. The van der Waals surface area contributed by atoms with Gasteiger partial charge in [-0.05, 0) is 5.92 Å². The van der Waals surface area contributed by atoms with Crippen molar-refractivity contribution in [2.45, 2.75) is 52.1 Å². The molecule has 0 saturated heterocycles. The first-order valence-electron chi connectivity index (χ1n) is 7.35. The maximum absolute atomic E-state index is 11.9. The summed E-state index contributed by atoms with van der Waals surface area (Å²) in [7, 11) is 5.85. The first-order valence-corrected chi connectivity index (χ1v) is 7.35. The molecule has 0 amide bonds. The number of likely N-dealkylation sites (N-methyl/N-ethyl adjacent to an activating group) is 1. The molecule has 0 aromatic heterocycles. The van der Waals surface area contributed by atoms with Crippen molar-refractivity contribution in [1.82, 2.24) is 0 Å². The van der Waals surface area contributed by atoms with Crippen molar-refractivity contribution in [3.63, 3.8) is 0 Å². The second-order valence-corrected chi connectivity index (χ2v) is 6.63. The number of carboxylic acid groups (broad SMARTS) is 1. The SMILES string of the molecule is CCCCC(C)CC(=O)OC(CC(=O)O)C[N+](C)(C)C. The van der Waals surface area contributed by atoms with E-state index in [1.807, 2.05) is 28.1 Å². The Kier molecular flexibility index (Phi) is 8.46. The molecule has 2 atom stereocenters. The second-order valence-electron chi connectivity index (χ2n) is 6.63. The van der Waals surface area contributed by atoms with E-state index in [2.05, 4.69) is 6.92 Å². The Morgan fingerprint density at radius 2 is 1.80 bits per heavy atom. The standard InChI is InChI=1S/C15H29NO4/c1-6-7-8-12(2)9-15(19)20-13(10-14(17)18)11-16(3,4)5/h12-13H,6-11H2,1-5H3/p+1. The Hall–Kier alpha value is -1.10. The average Bonchev–Trinajstić information content (AvgIpc) is 2.22. The highest BCUT2D eigenvalue weighted by atomic mass is 16.5. The summed E-state index contributed by atoms with van der Waals surface area (Å²) < 4.78 is 5.92. The molecular formula is C15H30NO4+. The smallest absolute Gasteiger partial charge is 0.307 e. The lowest BCUT2D eigenvalue weighted by Gasteiger charge is -2.28. The van der Waals surface area contributed by atoms with E-state index in [1.165, 1.54) is 0 Å². The Labute approximate surface area is 122 Å². The highest BCUT2D eigenvalue weighted by molar-refractivity contribution is 5.71. The fourth-order valence-corrected chi connectivity index (χ4v) is 2.12. The van der Waals surface area contributed by atoms with Gasteiger partial charge in [0.2, 0.25) is 0 Å². The Morgan fingerprint density at radius 1 is 1.20 bits per heavy atom. The van der Waals surface area contributed by atoms with Gasteiger partial charge in [0.15, 0.2) is 6.10 Å². The number of esters is 1. The van der Waals surface area contributed by atoms with E-state index in [-0.39, 0.29) is 18.3 Å². The molecule has 0 aromatic rings. The van der Waals surface area contributed by atoms with Crippen LogP contribution in [0.15, 0.2) is 0 Å². The third-order valence-corrected chi connectivity index (χ3v) is 3.02. The summed E-state index contributed by atoms with van der Waals surface area (Å²) in [5, 5.41) is 8.89. The number of nitrogens with zero attached hydrogens (tertiary/aromatic N) is 1. The second kappa shape index (κ2) is 8.95. The number of quaternary nitrogens is 1. The molecule has 0 aliphatic heterocycles. The fourth-order valence-electron chi connectivity index (χ4n) is 2.12. The van der Waals surface area contributed by atoms with E-state index >= 15 is 0 Å². The molecule has 0 saturated carbocycles. The summed E-state index contributed by atoms with van der Waals surface area (Å²) in [6, 6.07) is 0. The Bertz CT molecular complexity index is 309. The van der Waals surface area contributed by atoms with Gasteiger partial charge in [0.1, 0.15) is 6.54 Å². The number of carbonyl (C=O) groups excluding carboxylic acids is 1. The minimum absolute atomic E-state index is 0.134. The van der Waals surface area contributed by atoms with Crippen molar-refractivity contribution in [1.29, 1.82) is 0 Å². The molecule has 2 unspecified atom stereocenters. The van der Waals surface area contributed by atoms with Crippen molar-refractivity contribution in [2.75, 3.05) is 27.7 Å². The Balaban J connectivity index is 4.34. The molecule has 0 aromatic carbocycles. The van der Waals surface area contributed by atoms with E-state index < -0.39 is 12.1 Å². The third-order valence-electron chi connectivity index (χ3n) is 3.02. The molecule has 0 bridgehead atoms. The van der Waals surface area contributed by atoms with Gasteiger partial charge in [-0.1, -0.05) is 33.1 Å². The lowest BCUT2D eigenvalue weighted by Crippen LogP contribution is -2.43. The number of carbonyl (C=O) groups is 2. The van der Waals surface area contributed by atoms with Crippen LogP contribution in [-0.2, 0) is 14.3 Å². The normalized spacial score (nSPS) is 14.7. The largest absolute Gasteiger partial charge is 0.481 e. The topological polar surface area (TPSA) is 63.6 Å². The lowest BCUT2D eigenvalue weighted by atomic mass is 10.0. The monoisotopic (exact) mass is 288 g/mol. The molecule has 0 radical (unpaired) electrons.